The van der Waals surface area contributed by atoms with Gasteiger partial charge in [0.25, 0.3) is 0 Å². The number of nitrogens with one attached hydrogen (secondary N) is 6. The van der Waals surface area contributed by atoms with Gasteiger partial charge in [-0.25, -0.2) is 24.9 Å². The molecule has 0 aliphatic carbocycles. The van der Waals surface area contributed by atoms with E-state index >= 15 is 0 Å². The fourth-order valence-corrected chi connectivity index (χ4v) is 11.2. The molecule has 1 atom stereocenters. The van der Waals surface area contributed by atoms with Crippen molar-refractivity contribution in [3.05, 3.63) is 248 Å². The largest absolute Gasteiger partial charge is 0.384 e. The number of H-pyrrole nitrogens is 5. The van der Waals surface area contributed by atoms with Gasteiger partial charge in [0.15, 0.2) is 16.3 Å². The predicted octanol–water partition coefficient (Wildman–Crippen LogP) is 12.8. The van der Waals surface area contributed by atoms with Gasteiger partial charge in [-0.15, -0.1) is 0 Å². The molecule has 1 unspecified atom stereocenters. The minimum Gasteiger partial charge on any atom is -0.384 e. The van der Waals surface area contributed by atoms with Crippen LogP contribution in [0.15, 0.2) is 221 Å². The van der Waals surface area contributed by atoms with Crippen LogP contribution in [0.4, 0.5) is 0 Å². The first-order chi connectivity index (χ1) is 39.2. The molecular formula is C66H47N11O3. The molecule has 14 heteroatoms. The van der Waals surface area contributed by atoms with Crippen molar-refractivity contribution in [2.45, 2.75) is 19.3 Å². The van der Waals surface area contributed by atoms with Crippen LogP contribution in [-0.4, -0.2) is 56.4 Å². The van der Waals surface area contributed by atoms with Crippen molar-refractivity contribution in [2.24, 2.45) is 0 Å². The molecule has 0 fully saturated rings. The second-order valence-corrected chi connectivity index (χ2v) is 20.1. The molecule has 80 heavy (non-hydrogen) atoms. The highest BCUT2D eigenvalue weighted by atomic mass is 16.1. The van der Waals surface area contributed by atoms with Crippen LogP contribution in [0, 0.1) is 0 Å². The van der Waals surface area contributed by atoms with E-state index in [4.69, 9.17) is 19.9 Å². The van der Waals surface area contributed by atoms with Crippen molar-refractivity contribution in [3.8, 4) is 67.4 Å². The molecule has 6 N–H and O–H groups in total. The fourth-order valence-electron chi connectivity index (χ4n) is 11.2. The quantitative estimate of drug-likeness (QED) is 0.0769. The summed E-state index contributed by atoms with van der Waals surface area (Å²) in [6.07, 6.45) is 13.3. The monoisotopic (exact) mass is 1040 g/mol. The number of nitrogens with zero attached hydrogens (tertiary/aromatic N) is 5. The summed E-state index contributed by atoms with van der Waals surface area (Å²) in [5, 5.41) is 6.95. The molecule has 14 rings (SSSR count). The Balaban J connectivity index is 0.815. The van der Waals surface area contributed by atoms with E-state index in [1.807, 2.05) is 103 Å². The topological polar surface area (TPSA) is 207 Å². The molecule has 11 heterocycles. The van der Waals surface area contributed by atoms with Gasteiger partial charge in [0, 0.05) is 128 Å². The Morgan fingerprint density at radius 3 is 1.91 bits per heavy atom. The summed E-state index contributed by atoms with van der Waals surface area (Å²) in [5.41, 5.74) is 17.2. The van der Waals surface area contributed by atoms with E-state index in [-0.39, 0.29) is 22.2 Å². The van der Waals surface area contributed by atoms with Gasteiger partial charge in [-0.1, -0.05) is 79.4 Å². The first-order valence-corrected chi connectivity index (χ1v) is 26.3. The average Bonchev–Trinajstić information content (AvgIpc) is 4.32. The van der Waals surface area contributed by atoms with Crippen molar-refractivity contribution >= 4 is 60.7 Å². The number of rotatable bonds is 10. The van der Waals surface area contributed by atoms with Gasteiger partial charge >= 0.3 is 0 Å². The van der Waals surface area contributed by atoms with Crippen LogP contribution >= 0.6 is 0 Å². The molecule has 14 nitrogen and oxygen atoms in total. The van der Waals surface area contributed by atoms with E-state index in [0.29, 0.717) is 63.1 Å². The van der Waals surface area contributed by atoms with Crippen LogP contribution in [0.25, 0.3) is 128 Å². The lowest BCUT2D eigenvalue weighted by Crippen LogP contribution is -2.27. The highest BCUT2D eigenvalue weighted by Gasteiger charge is 2.24. The number of fused-ring (bicyclic) bond motifs is 5. The maximum atomic E-state index is 13.5. The molecule has 0 bridgehead atoms. The van der Waals surface area contributed by atoms with E-state index in [1.165, 1.54) is 18.2 Å². The summed E-state index contributed by atoms with van der Waals surface area (Å²) in [5.74, 6) is 0.0698. The Labute approximate surface area is 455 Å². The van der Waals surface area contributed by atoms with Crippen molar-refractivity contribution in [1.29, 1.82) is 0 Å². The molecular weight excluding hydrogens is 995 g/mol. The van der Waals surface area contributed by atoms with E-state index < -0.39 is 0 Å². The van der Waals surface area contributed by atoms with Crippen molar-refractivity contribution < 1.29 is 0 Å². The van der Waals surface area contributed by atoms with Crippen molar-refractivity contribution in [2.75, 3.05) is 6.54 Å². The number of hydrogen-bond donors (Lipinski definition) is 6. The van der Waals surface area contributed by atoms with Gasteiger partial charge in [0.1, 0.15) is 28.2 Å². The van der Waals surface area contributed by atoms with E-state index in [2.05, 4.69) is 91.2 Å². The Kier molecular flexibility index (Phi) is 11.5. The first-order valence-electron chi connectivity index (χ1n) is 26.3. The van der Waals surface area contributed by atoms with Gasteiger partial charge in [-0.3, -0.25) is 14.4 Å². The number of aromatic nitrogens is 10. The smallest absolute Gasteiger partial charge is 0.191 e. The molecule has 1 aliphatic rings. The second-order valence-electron chi connectivity index (χ2n) is 20.1. The number of aromatic amines is 5. The highest BCUT2D eigenvalue weighted by Crippen LogP contribution is 2.41. The van der Waals surface area contributed by atoms with Crippen LogP contribution in [0.2, 0.25) is 0 Å². The molecule has 0 saturated heterocycles. The third-order valence-corrected chi connectivity index (χ3v) is 15.2. The summed E-state index contributed by atoms with van der Waals surface area (Å²) in [4.78, 5) is 81.1. The van der Waals surface area contributed by atoms with Crippen LogP contribution < -0.4 is 21.6 Å². The lowest BCUT2D eigenvalue weighted by molar-refractivity contribution is 0.595. The van der Waals surface area contributed by atoms with Crippen LogP contribution in [-0.2, 0) is 0 Å². The van der Waals surface area contributed by atoms with E-state index in [0.717, 1.165) is 100 Å². The summed E-state index contributed by atoms with van der Waals surface area (Å²) in [7, 11) is 0. The minimum absolute atomic E-state index is 0.0698. The van der Waals surface area contributed by atoms with Crippen molar-refractivity contribution in [3.63, 3.8) is 0 Å². The molecule has 3 aromatic carbocycles. The van der Waals surface area contributed by atoms with Crippen molar-refractivity contribution in [1.82, 2.24) is 55.2 Å². The molecule has 0 radical (unpaired) electrons. The van der Waals surface area contributed by atoms with Gasteiger partial charge in [-0.05, 0) is 96.8 Å². The molecule has 10 aromatic heterocycles. The summed E-state index contributed by atoms with van der Waals surface area (Å²) in [6, 6.07) is 46.9. The summed E-state index contributed by atoms with van der Waals surface area (Å²) in [6.45, 7) is 6.92. The van der Waals surface area contributed by atoms with E-state index in [1.54, 1.807) is 24.8 Å². The Bertz CT molecular complexity index is 4910. The zero-order valence-corrected chi connectivity index (χ0v) is 43.1. The molecule has 384 valence electrons. The molecule has 13 aromatic rings. The lowest BCUT2D eigenvalue weighted by Gasteiger charge is -2.28. The molecule has 0 amide bonds. The zero-order chi connectivity index (χ0) is 54.0. The predicted molar refractivity (Wildman–Crippen MR) is 319 cm³/mol. The van der Waals surface area contributed by atoms with Gasteiger partial charge < -0.3 is 30.2 Å². The molecule has 0 saturated carbocycles. The highest BCUT2D eigenvalue weighted by molar-refractivity contribution is 6.01. The average molecular weight is 1040 g/mol. The maximum Gasteiger partial charge on any atom is 0.191 e. The van der Waals surface area contributed by atoms with Crippen LogP contribution in [0.5, 0.6) is 0 Å². The maximum absolute atomic E-state index is 13.5. The summed E-state index contributed by atoms with van der Waals surface area (Å²) < 4.78 is 0. The Hall–Kier alpha value is -10.9. The minimum atomic E-state index is -0.138. The third-order valence-electron chi connectivity index (χ3n) is 15.2. The summed E-state index contributed by atoms with van der Waals surface area (Å²) >= 11 is 0. The SMILES string of the molecule is C=CC1=C(/C=C(\C)c2cc3c(=O)cc[nH]c3nc2-c2ccccc2)CC(c2cccc(-c3nc4[nH]ccc(=O)c4cc3-c3c[nH]c4nc(-c5cccc(-c6nc7[nH]ccc(=O)c7cc6-c6cc7cccnc7[nH]6)c5)ccc34)c2)CN1. The standard InChI is InChI=1S/C66H47N11O3/c1-3-53-43(26-36(2)46-31-49-56(78)19-23-68-64(49)75-59(46)37-10-5-4-6-11-37)29-44(34-71-53)38-12-7-14-40(27-38)60-47(32-50-57(79)20-24-69-65(50)76-60)52-35-72-63-45(52)17-18-54(73-63)39-13-8-15-41(28-39)61-48(33-51-58(80)21-25-70-66(51)77-61)55-30-42-16-9-22-67-62(42)74-55/h3-28,30-33,35,44,71H,1,29,34H2,2H3,(H,67,74)(H,72,73)(H,68,75,78)(H,69,76,79)(H,70,77,80)/b36-26+. The zero-order valence-electron chi connectivity index (χ0n) is 43.1. The van der Waals surface area contributed by atoms with Crippen LogP contribution in [0.1, 0.15) is 30.4 Å². The second kappa shape index (κ2) is 19.3. The third kappa shape index (κ3) is 8.39. The van der Waals surface area contributed by atoms with Gasteiger partial charge in [-0.2, -0.15) is 0 Å². The number of hydrogen-bond acceptors (Lipinski definition) is 9. The fraction of sp³-hybridized carbons (Fsp3) is 0.0606. The molecule has 1 aliphatic heterocycles. The first kappa shape index (κ1) is 47.6. The Morgan fingerprint density at radius 1 is 0.550 bits per heavy atom. The number of pyridine rings is 8. The number of benzene rings is 3. The van der Waals surface area contributed by atoms with Gasteiger partial charge in [0.05, 0.1) is 38.9 Å². The Morgan fingerprint density at radius 2 is 1.19 bits per heavy atom. The lowest BCUT2D eigenvalue weighted by atomic mass is 9.85. The van der Waals surface area contributed by atoms with E-state index in [9.17, 15) is 14.4 Å². The molecule has 0 spiro atoms. The van der Waals surface area contributed by atoms with Crippen LogP contribution in [0.3, 0.4) is 0 Å². The van der Waals surface area contributed by atoms with Gasteiger partial charge in [0.2, 0.25) is 0 Å². The normalized spacial score (nSPS) is 13.9. The number of allylic oxidation sites excluding steroid dienone is 4.